The minimum atomic E-state index is -0.648. The van der Waals surface area contributed by atoms with E-state index in [1.54, 1.807) is 10.9 Å². The van der Waals surface area contributed by atoms with Gasteiger partial charge in [-0.2, -0.15) is 5.10 Å². The van der Waals surface area contributed by atoms with Gasteiger partial charge in [-0.15, -0.1) is 0 Å². The zero-order valence-corrected chi connectivity index (χ0v) is 11.3. The van der Waals surface area contributed by atoms with Gasteiger partial charge in [0, 0.05) is 11.6 Å². The first-order valence-electron chi connectivity index (χ1n) is 5.81. The lowest BCUT2D eigenvalue weighted by molar-refractivity contribution is 0.102. The highest BCUT2D eigenvalue weighted by atomic mass is 35.5. The van der Waals surface area contributed by atoms with Crippen LogP contribution < -0.4 is 5.32 Å². The maximum Gasteiger partial charge on any atom is 0.258 e. The maximum absolute atomic E-state index is 13.6. The molecule has 0 saturated heterocycles. The standard InChI is InChI=1S/C13H13ClFN3O/c1-3-18-8(2)12(7-16-18)17-13(19)10-5-4-9(14)6-11(10)15/h4-7H,3H2,1-2H3,(H,17,19). The Balaban J connectivity index is 2.23. The number of aromatic nitrogens is 2. The second kappa shape index (κ2) is 5.40. The fraction of sp³-hybridized carbons (Fsp3) is 0.231. The van der Waals surface area contributed by atoms with Gasteiger partial charge in [0.2, 0.25) is 0 Å². The lowest BCUT2D eigenvalue weighted by Crippen LogP contribution is -2.14. The fourth-order valence-electron chi connectivity index (χ4n) is 1.75. The smallest absolute Gasteiger partial charge is 0.258 e. The van der Waals surface area contributed by atoms with Crippen molar-refractivity contribution in [2.75, 3.05) is 5.32 Å². The molecule has 0 radical (unpaired) electrons. The number of nitrogens with zero attached hydrogens (tertiary/aromatic N) is 2. The number of aryl methyl sites for hydroxylation is 1. The van der Waals surface area contributed by atoms with E-state index in [4.69, 9.17) is 11.6 Å². The molecular formula is C13H13ClFN3O. The number of benzene rings is 1. The predicted molar refractivity (Wildman–Crippen MR) is 72.0 cm³/mol. The van der Waals surface area contributed by atoms with Crippen molar-refractivity contribution in [2.45, 2.75) is 20.4 Å². The van der Waals surface area contributed by atoms with Crippen LogP contribution in [0.2, 0.25) is 5.02 Å². The van der Waals surface area contributed by atoms with E-state index in [1.165, 1.54) is 12.1 Å². The van der Waals surface area contributed by atoms with Gasteiger partial charge in [-0.05, 0) is 32.0 Å². The fourth-order valence-corrected chi connectivity index (χ4v) is 1.91. The monoisotopic (exact) mass is 281 g/mol. The van der Waals surface area contributed by atoms with Crippen LogP contribution in [0.25, 0.3) is 0 Å². The second-order valence-corrected chi connectivity index (χ2v) is 4.47. The van der Waals surface area contributed by atoms with Gasteiger partial charge in [0.15, 0.2) is 0 Å². The van der Waals surface area contributed by atoms with Crippen LogP contribution >= 0.6 is 11.6 Å². The Hall–Kier alpha value is -1.88. The highest BCUT2D eigenvalue weighted by molar-refractivity contribution is 6.30. The Morgan fingerprint density at radius 3 is 2.84 bits per heavy atom. The number of anilines is 1. The molecule has 1 heterocycles. The summed E-state index contributed by atoms with van der Waals surface area (Å²) in [6.45, 7) is 4.49. The molecule has 2 aromatic rings. The molecule has 0 spiro atoms. The first-order valence-corrected chi connectivity index (χ1v) is 6.19. The molecule has 0 unspecified atom stereocenters. The van der Waals surface area contributed by atoms with Crippen molar-refractivity contribution in [3.63, 3.8) is 0 Å². The van der Waals surface area contributed by atoms with Crippen LogP contribution in [0.3, 0.4) is 0 Å². The SMILES string of the molecule is CCn1ncc(NC(=O)c2ccc(Cl)cc2F)c1C. The minimum absolute atomic E-state index is 0.0481. The molecule has 19 heavy (non-hydrogen) atoms. The van der Waals surface area contributed by atoms with Gasteiger partial charge in [0.05, 0.1) is 23.1 Å². The number of hydrogen-bond acceptors (Lipinski definition) is 2. The van der Waals surface area contributed by atoms with Crippen LogP contribution in [-0.2, 0) is 6.54 Å². The van der Waals surface area contributed by atoms with Crippen LogP contribution in [0.4, 0.5) is 10.1 Å². The molecule has 0 aliphatic heterocycles. The Bertz CT molecular complexity index is 624. The first kappa shape index (κ1) is 13.5. The minimum Gasteiger partial charge on any atom is -0.319 e. The van der Waals surface area contributed by atoms with E-state index in [9.17, 15) is 9.18 Å². The van der Waals surface area contributed by atoms with Gasteiger partial charge in [-0.1, -0.05) is 11.6 Å². The van der Waals surface area contributed by atoms with Gasteiger partial charge in [-0.25, -0.2) is 4.39 Å². The molecule has 0 saturated carbocycles. The quantitative estimate of drug-likeness (QED) is 0.939. The zero-order chi connectivity index (χ0) is 14.0. The molecule has 0 aliphatic carbocycles. The lowest BCUT2D eigenvalue weighted by Gasteiger charge is -2.06. The summed E-state index contributed by atoms with van der Waals surface area (Å²) in [5.74, 6) is -1.17. The molecule has 0 atom stereocenters. The third-order valence-electron chi connectivity index (χ3n) is 2.83. The number of halogens is 2. The number of nitrogens with one attached hydrogen (secondary N) is 1. The molecule has 6 heteroatoms. The van der Waals surface area contributed by atoms with E-state index in [1.807, 2.05) is 13.8 Å². The molecule has 1 aromatic carbocycles. The van der Waals surface area contributed by atoms with Crippen LogP contribution in [0.15, 0.2) is 24.4 Å². The molecular weight excluding hydrogens is 269 g/mol. The van der Waals surface area contributed by atoms with Crippen LogP contribution in [0, 0.1) is 12.7 Å². The van der Waals surface area contributed by atoms with Crippen molar-refractivity contribution in [3.8, 4) is 0 Å². The molecule has 0 bridgehead atoms. The van der Waals surface area contributed by atoms with Crippen molar-refractivity contribution < 1.29 is 9.18 Å². The predicted octanol–water partition coefficient (Wildman–Crippen LogP) is 3.26. The summed E-state index contributed by atoms with van der Waals surface area (Å²) >= 11 is 5.64. The zero-order valence-electron chi connectivity index (χ0n) is 10.6. The summed E-state index contributed by atoms with van der Waals surface area (Å²) in [7, 11) is 0. The van der Waals surface area contributed by atoms with E-state index < -0.39 is 11.7 Å². The number of carbonyl (C=O) groups excluding carboxylic acids is 1. The summed E-state index contributed by atoms with van der Waals surface area (Å²) in [6, 6.07) is 3.94. The largest absolute Gasteiger partial charge is 0.319 e. The maximum atomic E-state index is 13.6. The van der Waals surface area contributed by atoms with Crippen molar-refractivity contribution in [1.82, 2.24) is 9.78 Å². The van der Waals surface area contributed by atoms with E-state index in [0.717, 1.165) is 11.8 Å². The summed E-state index contributed by atoms with van der Waals surface area (Å²) in [5.41, 5.74) is 1.35. The molecule has 0 fully saturated rings. The van der Waals surface area contributed by atoms with E-state index in [2.05, 4.69) is 10.4 Å². The van der Waals surface area contributed by atoms with Gasteiger partial charge in [-0.3, -0.25) is 9.48 Å². The molecule has 0 aliphatic rings. The highest BCUT2D eigenvalue weighted by Crippen LogP contribution is 2.18. The van der Waals surface area contributed by atoms with Gasteiger partial charge in [0.1, 0.15) is 5.82 Å². The Morgan fingerprint density at radius 2 is 2.26 bits per heavy atom. The number of amides is 1. The number of hydrogen-bond donors (Lipinski definition) is 1. The van der Waals surface area contributed by atoms with Crippen molar-refractivity contribution in [2.24, 2.45) is 0 Å². The topological polar surface area (TPSA) is 46.9 Å². The summed E-state index contributed by atoms with van der Waals surface area (Å²) in [6.07, 6.45) is 1.55. The third kappa shape index (κ3) is 2.76. The molecule has 2 rings (SSSR count). The van der Waals surface area contributed by atoms with E-state index >= 15 is 0 Å². The average Bonchev–Trinajstić information content (AvgIpc) is 2.70. The normalized spacial score (nSPS) is 10.5. The third-order valence-corrected chi connectivity index (χ3v) is 3.06. The van der Waals surface area contributed by atoms with Crippen LogP contribution in [-0.4, -0.2) is 15.7 Å². The summed E-state index contributed by atoms with van der Waals surface area (Å²) < 4.78 is 15.4. The summed E-state index contributed by atoms with van der Waals surface area (Å²) in [4.78, 5) is 12.0. The Labute approximate surface area is 115 Å². The average molecular weight is 282 g/mol. The molecule has 4 nitrogen and oxygen atoms in total. The van der Waals surface area contributed by atoms with E-state index in [-0.39, 0.29) is 10.6 Å². The molecule has 1 amide bonds. The number of carbonyl (C=O) groups is 1. The Kier molecular flexibility index (Phi) is 3.85. The summed E-state index contributed by atoms with van der Waals surface area (Å²) in [5, 5.41) is 6.99. The first-order chi connectivity index (χ1) is 9.02. The van der Waals surface area contributed by atoms with Crippen LogP contribution in [0.1, 0.15) is 23.0 Å². The van der Waals surface area contributed by atoms with Gasteiger partial charge >= 0.3 is 0 Å². The van der Waals surface area contributed by atoms with Crippen molar-refractivity contribution in [3.05, 3.63) is 46.5 Å². The molecule has 1 N–H and O–H groups in total. The molecule has 1 aromatic heterocycles. The second-order valence-electron chi connectivity index (χ2n) is 4.04. The Morgan fingerprint density at radius 1 is 1.53 bits per heavy atom. The number of rotatable bonds is 3. The lowest BCUT2D eigenvalue weighted by atomic mass is 10.2. The van der Waals surface area contributed by atoms with Gasteiger partial charge < -0.3 is 5.32 Å². The van der Waals surface area contributed by atoms with E-state index in [0.29, 0.717) is 12.2 Å². The van der Waals surface area contributed by atoms with Crippen molar-refractivity contribution >= 4 is 23.2 Å². The van der Waals surface area contributed by atoms with Crippen LogP contribution in [0.5, 0.6) is 0 Å². The molecule has 100 valence electrons. The van der Waals surface area contributed by atoms with Crippen molar-refractivity contribution in [1.29, 1.82) is 0 Å². The van der Waals surface area contributed by atoms with Gasteiger partial charge in [0.25, 0.3) is 5.91 Å². The highest BCUT2D eigenvalue weighted by Gasteiger charge is 2.14.